The van der Waals surface area contributed by atoms with E-state index in [4.69, 9.17) is 9.66 Å². The van der Waals surface area contributed by atoms with E-state index in [1.54, 1.807) is 0 Å². The molecule has 1 aliphatic heterocycles. The Balaban J connectivity index is 2.87. The van der Waals surface area contributed by atoms with Crippen molar-refractivity contribution in [2.45, 2.75) is 0 Å². The Kier molecular flexibility index (Phi) is 4.44. The first kappa shape index (κ1) is 15.8. The van der Waals surface area contributed by atoms with Crippen molar-refractivity contribution in [3.63, 3.8) is 0 Å². The molecule has 0 radical (unpaired) electrons. The molecule has 1 fully saturated rings. The summed E-state index contributed by atoms with van der Waals surface area (Å²) < 4.78 is 54.1. The lowest BCUT2D eigenvalue weighted by Gasteiger charge is -2.23. The van der Waals surface area contributed by atoms with Crippen LogP contribution in [0.25, 0.3) is 0 Å². The van der Waals surface area contributed by atoms with Gasteiger partial charge in [-0.25, -0.2) is 8.42 Å². The molecule has 7 nitrogen and oxygen atoms in total. The summed E-state index contributed by atoms with van der Waals surface area (Å²) in [5.41, 5.74) is 0. The van der Waals surface area contributed by atoms with Gasteiger partial charge >= 0.3 is 0 Å². The molecule has 0 aromatic rings. The molecule has 9 heteroatoms. The highest BCUT2D eigenvalue weighted by atomic mass is 32.2. The van der Waals surface area contributed by atoms with E-state index in [9.17, 15) is 16.8 Å². The highest BCUT2D eigenvalue weighted by Gasteiger charge is 2.43. The van der Waals surface area contributed by atoms with Crippen molar-refractivity contribution in [2.24, 2.45) is 11.8 Å². The minimum absolute atomic E-state index is 0.245. The molecule has 2 N–H and O–H groups in total. The molecule has 18 heavy (non-hydrogen) atoms. The highest BCUT2D eigenvalue weighted by Crippen LogP contribution is 2.29. The van der Waals surface area contributed by atoms with Crippen LogP contribution in [0, 0.1) is 11.8 Å². The van der Waals surface area contributed by atoms with E-state index in [-0.39, 0.29) is 11.7 Å². The van der Waals surface area contributed by atoms with Gasteiger partial charge in [0.1, 0.15) is 5.94 Å². The monoisotopic (exact) mass is 302 g/mol. The van der Waals surface area contributed by atoms with Gasteiger partial charge in [-0.2, -0.15) is 8.42 Å². The van der Waals surface area contributed by atoms with Gasteiger partial charge in [-0.05, 0) is 0 Å². The number of sulfone groups is 1. The largest absolute Gasteiger partial charge is 0.380 e. The first-order chi connectivity index (χ1) is 7.94. The summed E-state index contributed by atoms with van der Waals surface area (Å²) in [4.78, 5) is 0. The Morgan fingerprint density at radius 1 is 1.06 bits per heavy atom. The molecule has 0 aromatic carbocycles. The molecule has 2 unspecified atom stereocenters. The summed E-state index contributed by atoms with van der Waals surface area (Å²) in [6.07, 6.45) is 0. The van der Waals surface area contributed by atoms with E-state index in [1.807, 2.05) is 14.1 Å². The summed E-state index contributed by atoms with van der Waals surface area (Å²) in [6, 6.07) is 0. The maximum absolute atomic E-state index is 11.4. The van der Waals surface area contributed by atoms with Crippen LogP contribution in [0.5, 0.6) is 0 Å². The fraction of sp³-hybridized carbons (Fsp3) is 1.00. The Hall–Kier alpha value is -0.220. The highest BCUT2D eigenvalue weighted by molar-refractivity contribution is 7.91. The average molecular weight is 302 g/mol. The summed E-state index contributed by atoms with van der Waals surface area (Å²) in [5.74, 6) is -2.38. The average Bonchev–Trinajstić information content (AvgIpc) is 2.37. The number of nitrogens with zero attached hydrogens (tertiary/aromatic N) is 1. The number of aliphatic hydroxyl groups is 1. The van der Waals surface area contributed by atoms with Crippen molar-refractivity contribution in [1.29, 1.82) is 0 Å². The fourth-order valence-electron chi connectivity index (χ4n) is 2.67. The number of likely N-dealkylation sites (tertiary alicyclic amines) is 1. The molecule has 1 aliphatic rings. The third-order valence-corrected chi connectivity index (χ3v) is 5.39. The molecule has 0 bridgehead atoms. The minimum atomic E-state index is -4.12. The summed E-state index contributed by atoms with van der Waals surface area (Å²) in [5, 5.41) is 8.74. The van der Waals surface area contributed by atoms with Crippen LogP contribution >= 0.6 is 0 Å². The smallest absolute Gasteiger partial charge is 0.265 e. The van der Waals surface area contributed by atoms with E-state index in [0.717, 1.165) is 0 Å². The maximum Gasteiger partial charge on any atom is 0.265 e. The maximum atomic E-state index is 11.4. The lowest BCUT2D eigenvalue weighted by Crippen LogP contribution is -2.37. The van der Waals surface area contributed by atoms with Crippen LogP contribution in [-0.2, 0) is 20.0 Å². The second-order valence-electron chi connectivity index (χ2n) is 5.61. The van der Waals surface area contributed by atoms with E-state index in [1.165, 1.54) is 0 Å². The van der Waals surface area contributed by atoms with Gasteiger partial charge in [0.15, 0.2) is 9.84 Å². The van der Waals surface area contributed by atoms with E-state index in [2.05, 4.69) is 0 Å². The van der Waals surface area contributed by atoms with Gasteiger partial charge in [0.2, 0.25) is 0 Å². The van der Waals surface area contributed by atoms with Gasteiger partial charge in [0.05, 0.1) is 38.7 Å². The van der Waals surface area contributed by atoms with Crippen LogP contribution in [0.15, 0.2) is 0 Å². The van der Waals surface area contributed by atoms with E-state index >= 15 is 0 Å². The standard InChI is InChI=1S/C9H19NO6S2/c1-10(2)3-8(5-17(12,13)7-11)9(4-10)6-18(14,15)16/h8-9,11H,3-7H2,1-2H3/p+1. The predicted octanol–water partition coefficient (Wildman–Crippen LogP) is -1.44. The molecule has 1 saturated heterocycles. The molecular formula is C9H20NO6S2+. The van der Waals surface area contributed by atoms with Crippen LogP contribution in [0.2, 0.25) is 0 Å². The van der Waals surface area contributed by atoms with Crippen molar-refractivity contribution < 1.29 is 31.0 Å². The molecular weight excluding hydrogens is 282 g/mol. The number of rotatable bonds is 5. The zero-order valence-corrected chi connectivity index (χ0v) is 12.1. The van der Waals surface area contributed by atoms with Crippen LogP contribution in [0.1, 0.15) is 0 Å². The molecule has 1 rings (SSSR count). The molecule has 0 aromatic heterocycles. The topological polar surface area (TPSA) is 109 Å². The zero-order valence-electron chi connectivity index (χ0n) is 10.5. The van der Waals surface area contributed by atoms with Gasteiger partial charge in [-0.15, -0.1) is 0 Å². The quantitative estimate of drug-likeness (QED) is 0.476. The van der Waals surface area contributed by atoms with Crippen molar-refractivity contribution in [1.82, 2.24) is 0 Å². The summed E-state index contributed by atoms with van der Waals surface area (Å²) in [7, 11) is -3.94. The zero-order chi connectivity index (χ0) is 14.2. The normalized spacial score (nSPS) is 28.4. The molecule has 2 atom stereocenters. The van der Waals surface area contributed by atoms with Gasteiger partial charge in [-0.3, -0.25) is 4.55 Å². The van der Waals surface area contributed by atoms with Crippen molar-refractivity contribution in [3.05, 3.63) is 0 Å². The molecule has 108 valence electrons. The second kappa shape index (κ2) is 5.04. The molecule has 0 amide bonds. The van der Waals surface area contributed by atoms with Crippen LogP contribution in [0.4, 0.5) is 0 Å². The first-order valence-corrected chi connectivity index (χ1v) is 8.96. The molecule has 1 heterocycles. The van der Waals surface area contributed by atoms with E-state index in [0.29, 0.717) is 17.6 Å². The van der Waals surface area contributed by atoms with Crippen molar-refractivity contribution >= 4 is 20.0 Å². The van der Waals surface area contributed by atoms with Crippen molar-refractivity contribution in [3.8, 4) is 0 Å². The van der Waals surface area contributed by atoms with Crippen LogP contribution < -0.4 is 0 Å². The third kappa shape index (κ3) is 4.81. The third-order valence-electron chi connectivity index (χ3n) is 3.21. The summed E-state index contributed by atoms with van der Waals surface area (Å²) >= 11 is 0. The Labute approximate surface area is 108 Å². The minimum Gasteiger partial charge on any atom is -0.380 e. The van der Waals surface area contributed by atoms with Gasteiger partial charge in [0.25, 0.3) is 10.1 Å². The number of hydrogen-bond donors (Lipinski definition) is 2. The second-order valence-corrected chi connectivity index (χ2v) is 9.18. The fourth-order valence-corrected chi connectivity index (χ4v) is 4.72. The SMILES string of the molecule is C[N+]1(C)CC(CS(=O)(=O)O)C(CS(=O)(=O)CO)C1. The molecule has 0 saturated carbocycles. The lowest BCUT2D eigenvalue weighted by atomic mass is 10.0. The van der Waals surface area contributed by atoms with Crippen LogP contribution in [-0.4, -0.2) is 75.6 Å². The number of quaternary nitrogens is 1. The summed E-state index contributed by atoms with van der Waals surface area (Å²) in [6.45, 7) is 1.00. The molecule has 0 spiro atoms. The lowest BCUT2D eigenvalue weighted by molar-refractivity contribution is -0.880. The molecule has 0 aliphatic carbocycles. The Morgan fingerprint density at radius 2 is 1.50 bits per heavy atom. The Bertz CT molecular complexity index is 495. The Morgan fingerprint density at radius 3 is 1.89 bits per heavy atom. The van der Waals surface area contributed by atoms with Gasteiger partial charge < -0.3 is 9.59 Å². The number of aliphatic hydroxyl groups excluding tert-OH is 1. The van der Waals surface area contributed by atoms with Crippen LogP contribution in [0.3, 0.4) is 0 Å². The predicted molar refractivity (Wildman–Crippen MR) is 66.1 cm³/mol. The van der Waals surface area contributed by atoms with E-state index < -0.39 is 37.6 Å². The van der Waals surface area contributed by atoms with Crippen molar-refractivity contribution in [2.75, 3.05) is 44.6 Å². The first-order valence-electron chi connectivity index (χ1n) is 5.52. The number of hydrogen-bond acceptors (Lipinski definition) is 5. The van der Waals surface area contributed by atoms with Gasteiger partial charge in [-0.1, -0.05) is 0 Å². The van der Waals surface area contributed by atoms with Gasteiger partial charge in [0, 0.05) is 11.8 Å².